The van der Waals surface area contributed by atoms with Crippen molar-refractivity contribution in [1.82, 2.24) is 56.9 Å². The molecule has 0 bridgehead atoms. The van der Waals surface area contributed by atoms with E-state index in [1.54, 1.807) is 53.9 Å². The lowest BCUT2D eigenvalue weighted by Gasteiger charge is -2.38. The molecule has 3 rings (SSSR count). The number of carbonyl (C=O) groups excluding carboxylic acids is 11. The molecule has 0 fully saturated rings. The summed E-state index contributed by atoms with van der Waals surface area (Å²) in [7, 11) is 6.76. The highest BCUT2D eigenvalue weighted by molar-refractivity contribution is 7.09. The van der Waals surface area contributed by atoms with E-state index >= 15 is 0 Å². The largest absolute Gasteiger partial charge is 0.481 e. The predicted octanol–water partition coefficient (Wildman–Crippen LogP) is 3.10. The second-order valence-corrected chi connectivity index (χ2v) is 30.1. The second-order valence-electron chi connectivity index (χ2n) is 29.2. The zero-order valence-corrected chi connectivity index (χ0v) is 71.1. The average molecular weight is 1660 g/mol. The summed E-state index contributed by atoms with van der Waals surface area (Å²) in [5, 5.41) is 30.8. The molecule has 0 aliphatic carbocycles. The highest BCUT2D eigenvalue weighted by atomic mass is 32.1. The van der Waals surface area contributed by atoms with Gasteiger partial charge >= 0.3 is 11.9 Å². The quantitative estimate of drug-likeness (QED) is 0.0268. The Hall–Kier alpha value is -8.01. The maximum atomic E-state index is 14.7. The Bertz CT molecular complexity index is 3280. The lowest BCUT2D eigenvalue weighted by molar-refractivity contribution is -0.155. The first-order valence-corrected chi connectivity index (χ1v) is 40.9. The Morgan fingerprint density at radius 2 is 1.10 bits per heavy atom. The third-order valence-corrected chi connectivity index (χ3v) is 20.0. The van der Waals surface area contributed by atoms with Crippen molar-refractivity contribution in [1.29, 1.82) is 0 Å². The van der Waals surface area contributed by atoms with Crippen LogP contribution in [0.15, 0.2) is 47.9 Å². The standard InChI is InChI=1S/C80H131N11O24S/c1-14-56(4)71(88-79(104)80(8,9)89(10)11)76(100)90(12)64(55(2)3)52-65(75-87-63(54-116-75)74(99)85-61(50-57(5)77(101)102)51-60-22-16-15-17-23-60)115-78(103)59(7)84-72(97)58(6)83-66(92)25-20-30-82-73(98)62(86-67(93)26-21-31-91-69(95)27-28-70(91)96)24-18-19-29-81-68(94)53-114-49-48-113-47-46-112-45-44-111-43-42-110-41-40-109-39-38-108-37-36-107-35-34-106-33-32-105-13/h15-17,22-23,27-28,54-59,61-62,64-65,71H,14,18-21,24-26,29-53H2,1-13H3,(H,81,94)(H,82,98)(H,83,92)(H,84,97)(H,85,99)(H,86,93)(H,88,104)(H,101,102)/t56-,57-,58-,59-,61+,62-,64+,65+,71-/m0/s1. The number of benzene rings is 1. The van der Waals surface area contributed by atoms with Gasteiger partial charge in [0.15, 0.2) is 6.10 Å². The molecule has 2 aromatic rings. The molecule has 656 valence electrons. The van der Waals surface area contributed by atoms with Gasteiger partial charge in [0.05, 0.1) is 130 Å². The Balaban J connectivity index is 1.51. The molecule has 8 N–H and O–H groups in total. The molecule has 0 spiro atoms. The molecule has 10 amide bonds. The Morgan fingerprint density at radius 1 is 0.586 bits per heavy atom. The number of amides is 10. The zero-order chi connectivity index (χ0) is 85.8. The third-order valence-electron chi connectivity index (χ3n) is 19.1. The number of unbranched alkanes of at least 4 members (excludes halogenated alkanes) is 1. The van der Waals surface area contributed by atoms with Crippen LogP contribution in [0.5, 0.6) is 0 Å². The summed E-state index contributed by atoms with van der Waals surface area (Å²) in [6, 6.07) is 3.49. The molecular weight excluding hydrogens is 1530 g/mol. The monoisotopic (exact) mass is 1660 g/mol. The first-order valence-electron chi connectivity index (χ1n) is 40.1. The van der Waals surface area contributed by atoms with Crippen molar-refractivity contribution in [2.75, 3.05) is 173 Å². The topological polar surface area (TPSA) is 433 Å². The predicted molar refractivity (Wildman–Crippen MR) is 430 cm³/mol. The van der Waals surface area contributed by atoms with Gasteiger partial charge in [-0.3, -0.25) is 62.5 Å². The van der Waals surface area contributed by atoms with Crippen LogP contribution in [-0.2, 0) is 111 Å². The van der Waals surface area contributed by atoms with E-state index in [2.05, 4.69) is 42.2 Å². The minimum absolute atomic E-state index is 0.00608. The molecule has 9 atom stereocenters. The molecule has 0 unspecified atom stereocenters. The van der Waals surface area contributed by atoms with E-state index in [0.717, 1.165) is 34.0 Å². The summed E-state index contributed by atoms with van der Waals surface area (Å²) >= 11 is 1.02. The number of carbonyl (C=O) groups is 12. The average Bonchev–Trinajstić information content (AvgIpc) is 1.14. The van der Waals surface area contributed by atoms with E-state index in [4.69, 9.17) is 52.1 Å². The van der Waals surface area contributed by atoms with Crippen LogP contribution >= 0.6 is 11.3 Å². The molecule has 0 radical (unpaired) electrons. The van der Waals surface area contributed by atoms with Crippen LogP contribution in [0.25, 0.3) is 0 Å². The molecular formula is C80H131N11O24S. The van der Waals surface area contributed by atoms with Gasteiger partial charge in [0, 0.05) is 82.7 Å². The molecule has 0 saturated carbocycles. The summed E-state index contributed by atoms with van der Waals surface area (Å²) in [4.78, 5) is 168. The molecule has 116 heavy (non-hydrogen) atoms. The van der Waals surface area contributed by atoms with Crippen molar-refractivity contribution in [2.24, 2.45) is 17.8 Å². The number of methoxy groups -OCH3 is 1. The SMILES string of the molecule is CC[C@H](C)[C@H](NC(=O)C(C)(C)N(C)C)C(=O)N(C)[C@H](C[C@@H](OC(=O)[C@H](C)NC(=O)[C@H](C)NC(=O)CCCNC(=O)[C@H](CCCCNC(=O)COCCOCCOCCOCCOCCOCCOCCOCCOCCOC)NC(=O)CCCN1C(=O)C=CC1=O)c1nc(C(=O)N[C@@H](Cc2ccccc2)C[C@H](C)C(=O)O)cs1)C(C)C. The van der Waals surface area contributed by atoms with Crippen molar-refractivity contribution in [3.8, 4) is 0 Å². The van der Waals surface area contributed by atoms with Crippen LogP contribution in [0.4, 0.5) is 0 Å². The number of hydrogen-bond donors (Lipinski definition) is 8. The fraction of sp³-hybridized carbons (Fsp3) is 0.713. The summed E-state index contributed by atoms with van der Waals surface area (Å²) in [5.74, 6) is -8.43. The van der Waals surface area contributed by atoms with Gasteiger partial charge in [-0.05, 0) is 104 Å². The summed E-state index contributed by atoms with van der Waals surface area (Å²) < 4.78 is 60.3. The van der Waals surface area contributed by atoms with Gasteiger partial charge in [0.1, 0.15) is 41.5 Å². The van der Waals surface area contributed by atoms with Crippen molar-refractivity contribution in [2.45, 2.75) is 181 Å². The van der Waals surface area contributed by atoms with Crippen molar-refractivity contribution in [3.05, 3.63) is 64.1 Å². The fourth-order valence-corrected chi connectivity index (χ4v) is 12.1. The molecule has 2 heterocycles. The van der Waals surface area contributed by atoms with Gasteiger partial charge < -0.3 is 99.3 Å². The Kier molecular flexibility index (Phi) is 51.8. The van der Waals surface area contributed by atoms with Crippen molar-refractivity contribution < 1.29 is 115 Å². The fourth-order valence-electron chi connectivity index (χ4n) is 11.3. The number of aromatic nitrogens is 1. The minimum Gasteiger partial charge on any atom is -0.481 e. The molecule has 35 nitrogen and oxygen atoms in total. The number of nitrogens with zero attached hydrogens (tertiary/aromatic N) is 4. The van der Waals surface area contributed by atoms with Gasteiger partial charge in [-0.15, -0.1) is 11.3 Å². The Labute approximate surface area is 687 Å². The second kappa shape index (κ2) is 58.8. The number of nitrogens with one attached hydrogen (secondary N) is 7. The van der Waals surface area contributed by atoms with Crippen molar-refractivity contribution in [3.63, 3.8) is 0 Å². The van der Waals surface area contributed by atoms with E-state index in [0.29, 0.717) is 131 Å². The van der Waals surface area contributed by atoms with Gasteiger partial charge in [0.2, 0.25) is 41.4 Å². The molecule has 1 aliphatic heterocycles. The molecule has 1 aliphatic rings. The van der Waals surface area contributed by atoms with Gasteiger partial charge in [-0.25, -0.2) is 9.78 Å². The number of aliphatic carboxylic acids is 1. The first kappa shape index (κ1) is 102. The molecule has 1 aromatic carbocycles. The van der Waals surface area contributed by atoms with E-state index < -0.39 is 113 Å². The first-order chi connectivity index (χ1) is 55.4. The number of thiazole rings is 1. The number of likely N-dealkylation sites (N-methyl/N-ethyl adjacent to an activating group) is 2. The molecule has 1 aromatic heterocycles. The van der Waals surface area contributed by atoms with Crippen molar-refractivity contribution >= 4 is 82.3 Å². The van der Waals surface area contributed by atoms with Crippen LogP contribution in [0.2, 0.25) is 0 Å². The number of carboxylic acids is 1. The maximum Gasteiger partial charge on any atom is 0.329 e. The molecule has 36 heteroatoms. The minimum atomic E-state index is -1.33. The van der Waals surface area contributed by atoms with Crippen LogP contribution in [0.1, 0.15) is 154 Å². The lowest BCUT2D eigenvalue weighted by Crippen LogP contribution is -2.60. The highest BCUT2D eigenvalue weighted by Crippen LogP contribution is 2.32. The number of carboxylic acid groups (broad SMARTS) is 1. The van der Waals surface area contributed by atoms with E-state index in [-0.39, 0.29) is 119 Å². The third kappa shape index (κ3) is 41.9. The van der Waals surface area contributed by atoms with E-state index in [1.807, 2.05) is 58.0 Å². The molecule has 0 saturated heterocycles. The van der Waals surface area contributed by atoms with Gasteiger partial charge in [0.25, 0.3) is 17.7 Å². The van der Waals surface area contributed by atoms with Gasteiger partial charge in [-0.2, -0.15) is 0 Å². The summed E-state index contributed by atoms with van der Waals surface area (Å²) in [6.07, 6.45) is 2.94. The summed E-state index contributed by atoms with van der Waals surface area (Å²) in [6.45, 7) is 22.9. The highest BCUT2D eigenvalue weighted by Gasteiger charge is 2.40. The number of rotatable bonds is 67. The van der Waals surface area contributed by atoms with Crippen LogP contribution in [0.3, 0.4) is 0 Å². The number of ether oxygens (including phenoxy) is 11. The summed E-state index contributed by atoms with van der Waals surface area (Å²) in [5.41, 5.74) is -0.146. The zero-order valence-electron chi connectivity index (χ0n) is 70.3. The Morgan fingerprint density at radius 3 is 1.62 bits per heavy atom. The lowest BCUT2D eigenvalue weighted by atomic mass is 9.92. The van der Waals surface area contributed by atoms with Crippen LogP contribution < -0.4 is 37.2 Å². The number of imide groups is 1. The van der Waals surface area contributed by atoms with Gasteiger partial charge in [-0.1, -0.05) is 71.4 Å². The number of hydrogen-bond acceptors (Lipinski definition) is 26. The van der Waals surface area contributed by atoms with E-state index in [9.17, 15) is 62.6 Å². The number of esters is 1. The maximum absolute atomic E-state index is 14.7. The van der Waals surface area contributed by atoms with Crippen LogP contribution in [0, 0.1) is 17.8 Å². The smallest absolute Gasteiger partial charge is 0.329 e. The normalized spacial score (nSPS) is 14.6. The van der Waals surface area contributed by atoms with E-state index in [1.165, 1.54) is 24.1 Å². The van der Waals surface area contributed by atoms with Crippen LogP contribution in [-0.4, -0.2) is 311 Å².